The molecular weight excluding hydrogens is 517 g/mol. The molecule has 0 saturated carbocycles. The molecule has 0 atom stereocenters. The van der Waals surface area contributed by atoms with Crippen molar-refractivity contribution in [1.82, 2.24) is 0 Å². The summed E-state index contributed by atoms with van der Waals surface area (Å²) in [7, 11) is -2.34. The summed E-state index contributed by atoms with van der Waals surface area (Å²) in [4.78, 5) is 25.1. The number of anilines is 3. The van der Waals surface area contributed by atoms with E-state index < -0.39 is 33.1 Å². The van der Waals surface area contributed by atoms with E-state index in [2.05, 4.69) is 15.8 Å². The summed E-state index contributed by atoms with van der Waals surface area (Å²) in [6, 6.07) is 5.66. The van der Waals surface area contributed by atoms with Gasteiger partial charge in [0.25, 0.3) is 5.91 Å². The lowest BCUT2D eigenvalue weighted by molar-refractivity contribution is -0.303. The number of methoxy groups -OCH3 is 1. The first-order chi connectivity index (χ1) is 17.5. The van der Waals surface area contributed by atoms with Crippen LogP contribution in [-0.4, -0.2) is 40.3 Å². The number of esters is 1. The Morgan fingerprint density at radius 2 is 1.79 bits per heavy atom. The van der Waals surface area contributed by atoms with Gasteiger partial charge in [-0.05, 0) is 49.1 Å². The minimum Gasteiger partial charge on any atom is -0.492 e. The minimum absolute atomic E-state index is 0.0707. The molecule has 0 fully saturated rings. The second-order valence-electron chi connectivity index (χ2n) is 9.57. The van der Waals surface area contributed by atoms with Crippen molar-refractivity contribution in [1.29, 1.82) is 0 Å². The first-order valence-corrected chi connectivity index (χ1v) is 13.4. The Bertz CT molecular complexity index is 1370. The predicted octanol–water partition coefficient (Wildman–Crippen LogP) is 2.39. The molecule has 0 bridgehead atoms. The van der Waals surface area contributed by atoms with Crippen LogP contribution in [0.4, 0.5) is 21.5 Å². The number of halogens is 1. The van der Waals surface area contributed by atoms with Crippen molar-refractivity contribution in [2.45, 2.75) is 40.0 Å². The van der Waals surface area contributed by atoms with Crippen LogP contribution in [0.1, 0.15) is 49.2 Å². The molecule has 0 heterocycles. The number of quaternary nitrogens is 1. The quantitative estimate of drug-likeness (QED) is 0.159. The average molecular weight is 553 g/mol. The molecule has 0 unspecified atom stereocenters. The van der Waals surface area contributed by atoms with Gasteiger partial charge >= 0.3 is 5.97 Å². The van der Waals surface area contributed by atoms with Crippen molar-refractivity contribution in [3.63, 3.8) is 0 Å². The number of nitrogens with zero attached hydrogens (tertiary/aromatic N) is 1. The van der Waals surface area contributed by atoms with E-state index in [1.54, 1.807) is 19.1 Å². The number of nitrogens with one attached hydrogen (secondary N) is 2. The number of carbonyl (C=O) groups excluding carboxylic acids is 2. The maximum Gasteiger partial charge on any atom is 0.394 e. The summed E-state index contributed by atoms with van der Waals surface area (Å²) < 4.78 is 51.5. The van der Waals surface area contributed by atoms with Crippen molar-refractivity contribution in [2.24, 2.45) is 5.84 Å². The summed E-state index contributed by atoms with van der Waals surface area (Å²) in [6.07, 6.45) is 2.16. The number of amides is 1. The highest BCUT2D eigenvalue weighted by Gasteiger charge is 2.23. The highest BCUT2D eigenvalue weighted by Crippen LogP contribution is 2.39. The Labute approximate surface area is 222 Å². The molecule has 0 aliphatic carbocycles. The molecule has 0 spiro atoms. The van der Waals surface area contributed by atoms with E-state index in [1.165, 1.54) is 26.3 Å². The van der Waals surface area contributed by atoms with Gasteiger partial charge in [0.15, 0.2) is 5.75 Å². The van der Waals surface area contributed by atoms with Crippen molar-refractivity contribution in [2.75, 3.05) is 35.0 Å². The third kappa shape index (κ3) is 7.66. The zero-order chi connectivity index (χ0) is 29.0. The van der Waals surface area contributed by atoms with Crippen LogP contribution in [0.2, 0.25) is 0 Å². The molecule has 0 radical (unpaired) electrons. The SMILES string of the molecule is CCOC(=O)C([NH3+])=CN(N)c1cc(C(=O)Nc2cc(C(C)(C)C)cc(NS(C)(=O)=O)c2OC)cc(F)c1C. The van der Waals surface area contributed by atoms with E-state index in [-0.39, 0.29) is 46.2 Å². The lowest BCUT2D eigenvalue weighted by atomic mass is 9.86. The molecule has 2 aromatic rings. The number of hydrazine groups is 1. The van der Waals surface area contributed by atoms with E-state index in [1.807, 2.05) is 20.8 Å². The van der Waals surface area contributed by atoms with Crippen LogP contribution in [0, 0.1) is 12.7 Å². The maximum absolute atomic E-state index is 14.8. The van der Waals surface area contributed by atoms with Crippen LogP contribution in [0.25, 0.3) is 0 Å². The monoisotopic (exact) mass is 552 g/mol. The van der Waals surface area contributed by atoms with Crippen LogP contribution < -0.4 is 31.4 Å². The fourth-order valence-corrected chi connectivity index (χ4v) is 3.97. The van der Waals surface area contributed by atoms with Gasteiger partial charge in [0.1, 0.15) is 5.82 Å². The van der Waals surface area contributed by atoms with Crippen LogP contribution in [-0.2, 0) is 25.0 Å². The lowest BCUT2D eigenvalue weighted by Crippen LogP contribution is -2.53. The molecule has 208 valence electrons. The van der Waals surface area contributed by atoms with Gasteiger partial charge in [-0.3, -0.25) is 14.5 Å². The third-order valence-electron chi connectivity index (χ3n) is 5.39. The number of ether oxygens (including phenoxy) is 2. The van der Waals surface area contributed by atoms with Gasteiger partial charge in [-0.15, -0.1) is 0 Å². The van der Waals surface area contributed by atoms with E-state index in [9.17, 15) is 22.4 Å². The molecule has 7 N–H and O–H groups in total. The number of hydrogen-bond donors (Lipinski definition) is 4. The molecule has 38 heavy (non-hydrogen) atoms. The van der Waals surface area contributed by atoms with Crippen LogP contribution in [0.3, 0.4) is 0 Å². The summed E-state index contributed by atoms with van der Waals surface area (Å²) in [5, 5.41) is 3.65. The van der Waals surface area contributed by atoms with E-state index >= 15 is 0 Å². The molecular formula is C25H35FN5O6S+. The fourth-order valence-electron chi connectivity index (χ4n) is 3.42. The predicted molar refractivity (Wildman–Crippen MR) is 144 cm³/mol. The molecule has 13 heteroatoms. The second-order valence-corrected chi connectivity index (χ2v) is 11.3. The molecule has 0 aromatic heterocycles. The summed E-state index contributed by atoms with van der Waals surface area (Å²) in [6.45, 7) is 9.00. The number of rotatable bonds is 9. The fraction of sp³-hybridized carbons (Fsp3) is 0.360. The average Bonchev–Trinajstić information content (AvgIpc) is 2.78. The Kier molecular flexibility index (Phi) is 9.48. The molecule has 0 saturated heterocycles. The molecule has 2 rings (SSSR count). The lowest BCUT2D eigenvalue weighted by Gasteiger charge is -2.24. The molecule has 2 aromatic carbocycles. The Balaban J connectivity index is 2.56. The van der Waals surface area contributed by atoms with Gasteiger partial charge in [-0.25, -0.2) is 23.4 Å². The third-order valence-corrected chi connectivity index (χ3v) is 5.98. The van der Waals surface area contributed by atoms with Crippen molar-refractivity contribution in [3.8, 4) is 5.75 Å². The molecule has 1 amide bonds. The Morgan fingerprint density at radius 1 is 1.18 bits per heavy atom. The summed E-state index contributed by atoms with van der Waals surface area (Å²) in [5.74, 6) is 3.99. The molecule has 0 aliphatic rings. The zero-order valence-corrected chi connectivity index (χ0v) is 23.4. The van der Waals surface area contributed by atoms with Gasteiger partial charge in [0.2, 0.25) is 15.7 Å². The highest BCUT2D eigenvalue weighted by atomic mass is 32.2. The summed E-state index contributed by atoms with van der Waals surface area (Å²) >= 11 is 0. The first kappa shape index (κ1) is 30.5. The van der Waals surface area contributed by atoms with Crippen LogP contribution >= 0.6 is 0 Å². The summed E-state index contributed by atoms with van der Waals surface area (Å²) in [5.41, 5.74) is 4.27. The molecule has 0 aliphatic heterocycles. The zero-order valence-electron chi connectivity index (χ0n) is 22.6. The number of sulfonamides is 1. The minimum atomic E-state index is -3.67. The second kappa shape index (κ2) is 11.8. The van der Waals surface area contributed by atoms with E-state index in [0.717, 1.165) is 17.3 Å². The van der Waals surface area contributed by atoms with Gasteiger partial charge in [0, 0.05) is 11.1 Å². The van der Waals surface area contributed by atoms with Crippen molar-refractivity contribution in [3.05, 3.63) is 58.7 Å². The van der Waals surface area contributed by atoms with E-state index in [4.69, 9.17) is 15.3 Å². The number of carbonyl (C=O) groups is 2. The van der Waals surface area contributed by atoms with Crippen molar-refractivity contribution < 1.29 is 37.6 Å². The van der Waals surface area contributed by atoms with Gasteiger partial charge < -0.3 is 20.5 Å². The van der Waals surface area contributed by atoms with Crippen molar-refractivity contribution >= 4 is 39.0 Å². The van der Waals surface area contributed by atoms with Gasteiger partial charge in [0.05, 0.1) is 43.2 Å². The number of hydrogen-bond acceptors (Lipinski definition) is 8. The van der Waals surface area contributed by atoms with E-state index in [0.29, 0.717) is 5.56 Å². The van der Waals surface area contributed by atoms with Gasteiger partial charge in [-0.1, -0.05) is 20.8 Å². The standard InChI is InChI=1S/C25H34FN5O6S/c1-8-37-24(33)18(27)13-31(28)21-10-15(9-17(26)14(21)2)23(32)29-19-11-16(25(3,4)5)12-20(22(19)36-6)30-38(7,34)35/h9-13,30H,8,27-28H2,1-7H3,(H,29,32)/p+1. The number of benzene rings is 2. The number of nitrogens with two attached hydrogens (primary N) is 1. The topological polar surface area (TPSA) is 168 Å². The maximum atomic E-state index is 14.8. The molecule has 11 nitrogen and oxygen atoms in total. The Morgan fingerprint density at radius 3 is 2.32 bits per heavy atom. The smallest absolute Gasteiger partial charge is 0.394 e. The van der Waals surface area contributed by atoms with Crippen LogP contribution in [0.15, 0.2) is 36.2 Å². The first-order valence-electron chi connectivity index (χ1n) is 11.5. The van der Waals surface area contributed by atoms with Crippen LogP contribution in [0.5, 0.6) is 5.75 Å². The normalized spacial score (nSPS) is 12.1. The Hall–Kier alpha value is -3.68. The highest BCUT2D eigenvalue weighted by molar-refractivity contribution is 7.92. The largest absolute Gasteiger partial charge is 0.492 e. The van der Waals surface area contributed by atoms with Gasteiger partial charge in [-0.2, -0.15) is 0 Å².